The van der Waals surface area contributed by atoms with Crippen molar-refractivity contribution in [3.05, 3.63) is 96.4 Å². The molecule has 0 aliphatic carbocycles. The van der Waals surface area contributed by atoms with Crippen LogP contribution in [0.2, 0.25) is 0 Å². The van der Waals surface area contributed by atoms with E-state index in [0.717, 1.165) is 11.3 Å². The van der Waals surface area contributed by atoms with Gasteiger partial charge in [0.15, 0.2) is 5.13 Å². The van der Waals surface area contributed by atoms with Crippen molar-refractivity contribution < 1.29 is 9.18 Å². The maximum atomic E-state index is 13.5. The highest BCUT2D eigenvalue weighted by molar-refractivity contribution is 7.22. The van der Waals surface area contributed by atoms with Gasteiger partial charge in [-0.25, -0.2) is 14.1 Å². The van der Waals surface area contributed by atoms with Crippen molar-refractivity contribution in [2.24, 2.45) is 0 Å². The summed E-state index contributed by atoms with van der Waals surface area (Å²) in [5, 5.41) is 7.90. The maximum Gasteiger partial charge on any atom is 0.261 e. The number of amides is 1. The van der Waals surface area contributed by atoms with Crippen molar-refractivity contribution in [3.8, 4) is 16.9 Å². The minimum absolute atomic E-state index is 0.324. The van der Waals surface area contributed by atoms with Gasteiger partial charge in [0.2, 0.25) is 0 Å². The number of anilines is 1. The van der Waals surface area contributed by atoms with Gasteiger partial charge in [0, 0.05) is 11.8 Å². The van der Waals surface area contributed by atoms with Crippen LogP contribution in [0.5, 0.6) is 0 Å². The molecule has 2 aromatic heterocycles. The van der Waals surface area contributed by atoms with E-state index < -0.39 is 0 Å². The minimum atomic E-state index is -0.334. The number of fused-ring (bicyclic) bond motifs is 1. The Labute approximate surface area is 175 Å². The Bertz CT molecular complexity index is 1350. The molecule has 0 saturated heterocycles. The molecule has 5 rings (SSSR count). The molecule has 1 amide bonds. The molecule has 0 aliphatic rings. The lowest BCUT2D eigenvalue weighted by molar-refractivity contribution is 0.102. The van der Waals surface area contributed by atoms with Gasteiger partial charge < -0.3 is 0 Å². The number of para-hydroxylation sites is 1. The van der Waals surface area contributed by atoms with Crippen LogP contribution in [0.15, 0.2) is 85.1 Å². The molecule has 30 heavy (non-hydrogen) atoms. The largest absolute Gasteiger partial charge is 0.298 e. The monoisotopic (exact) mass is 414 g/mol. The first-order chi connectivity index (χ1) is 14.7. The van der Waals surface area contributed by atoms with Gasteiger partial charge in [-0.1, -0.05) is 59.9 Å². The number of hydrogen-bond donors (Lipinski definition) is 1. The lowest BCUT2D eigenvalue weighted by Gasteiger charge is -2.02. The van der Waals surface area contributed by atoms with Crippen LogP contribution in [-0.2, 0) is 0 Å². The maximum absolute atomic E-state index is 13.5. The van der Waals surface area contributed by atoms with Crippen molar-refractivity contribution in [2.45, 2.75) is 0 Å². The molecule has 0 saturated carbocycles. The lowest BCUT2D eigenvalue weighted by atomic mass is 10.1. The first-order valence-corrected chi connectivity index (χ1v) is 10.1. The molecule has 0 aliphatic heterocycles. The summed E-state index contributed by atoms with van der Waals surface area (Å²) in [5.41, 5.74) is 3.33. The third-order valence-electron chi connectivity index (χ3n) is 4.60. The lowest BCUT2D eigenvalue weighted by Crippen LogP contribution is -2.12. The molecule has 0 radical (unpaired) electrons. The van der Waals surface area contributed by atoms with Crippen molar-refractivity contribution in [3.63, 3.8) is 0 Å². The van der Waals surface area contributed by atoms with E-state index >= 15 is 0 Å². The smallest absolute Gasteiger partial charge is 0.261 e. The predicted octanol–water partition coefficient (Wildman–Crippen LogP) is 5.54. The summed E-state index contributed by atoms with van der Waals surface area (Å²) in [4.78, 5) is 17.5. The summed E-state index contributed by atoms with van der Waals surface area (Å²) in [7, 11) is 0. The van der Waals surface area contributed by atoms with E-state index in [1.165, 1.54) is 23.5 Å². The summed E-state index contributed by atoms with van der Waals surface area (Å²) in [6.07, 6.45) is 1.71. The van der Waals surface area contributed by atoms with Gasteiger partial charge in [0.25, 0.3) is 5.91 Å². The minimum Gasteiger partial charge on any atom is -0.298 e. The normalized spacial score (nSPS) is 11.0. The van der Waals surface area contributed by atoms with Crippen LogP contribution in [0.25, 0.3) is 27.2 Å². The molecule has 146 valence electrons. The first kappa shape index (κ1) is 18.2. The van der Waals surface area contributed by atoms with Gasteiger partial charge in [-0.3, -0.25) is 10.1 Å². The molecular formula is C23H15FN4OS. The summed E-state index contributed by atoms with van der Waals surface area (Å²) < 4.78 is 15.8. The van der Waals surface area contributed by atoms with Gasteiger partial charge in [0.1, 0.15) is 11.5 Å². The fourth-order valence-electron chi connectivity index (χ4n) is 3.18. The topological polar surface area (TPSA) is 59.8 Å². The van der Waals surface area contributed by atoms with E-state index in [0.29, 0.717) is 26.6 Å². The number of nitrogens with zero attached hydrogens (tertiary/aromatic N) is 3. The van der Waals surface area contributed by atoms with E-state index in [9.17, 15) is 9.18 Å². The van der Waals surface area contributed by atoms with Gasteiger partial charge in [-0.05, 0) is 30.3 Å². The van der Waals surface area contributed by atoms with Crippen LogP contribution in [0.4, 0.5) is 9.52 Å². The number of benzene rings is 3. The molecule has 5 aromatic rings. The highest BCUT2D eigenvalue weighted by atomic mass is 32.1. The summed E-state index contributed by atoms with van der Waals surface area (Å²) >= 11 is 1.23. The predicted molar refractivity (Wildman–Crippen MR) is 117 cm³/mol. The summed E-state index contributed by atoms with van der Waals surface area (Å²) in [6, 6.07) is 23.5. The quantitative estimate of drug-likeness (QED) is 0.420. The molecule has 0 atom stereocenters. The number of carbonyl (C=O) groups is 1. The third kappa shape index (κ3) is 3.46. The first-order valence-electron chi connectivity index (χ1n) is 9.25. The number of hydrogen-bond acceptors (Lipinski definition) is 4. The van der Waals surface area contributed by atoms with Crippen LogP contribution in [0, 0.1) is 5.82 Å². The van der Waals surface area contributed by atoms with E-state index in [2.05, 4.69) is 15.4 Å². The van der Waals surface area contributed by atoms with Gasteiger partial charge in [0.05, 0.1) is 21.5 Å². The number of thiazole rings is 1. The highest BCUT2D eigenvalue weighted by Gasteiger charge is 2.20. The Balaban J connectivity index is 1.54. The zero-order chi connectivity index (χ0) is 20.5. The summed E-state index contributed by atoms with van der Waals surface area (Å²) in [5.74, 6) is -0.657. The van der Waals surface area contributed by atoms with Crippen LogP contribution in [0.3, 0.4) is 0 Å². The number of halogens is 1. The second-order valence-corrected chi connectivity index (χ2v) is 7.65. The van der Waals surface area contributed by atoms with E-state index in [1.54, 1.807) is 16.9 Å². The molecule has 0 spiro atoms. The average molecular weight is 414 g/mol. The standard InChI is InChI=1S/C23H15FN4OS/c24-16-11-12-19-20(13-16)30-23(25-19)26-22(29)18-14-28(17-9-5-2-6-10-17)27-21(18)15-7-3-1-4-8-15/h1-14H,(H,25,26,29). The van der Waals surface area contributed by atoms with Crippen molar-refractivity contribution >= 4 is 32.6 Å². The second kappa shape index (κ2) is 7.53. The van der Waals surface area contributed by atoms with E-state index in [1.807, 2.05) is 60.7 Å². The van der Waals surface area contributed by atoms with Crippen molar-refractivity contribution in [1.29, 1.82) is 0 Å². The fraction of sp³-hybridized carbons (Fsp3) is 0. The molecule has 5 nitrogen and oxygen atoms in total. The molecule has 3 aromatic carbocycles. The van der Waals surface area contributed by atoms with Crippen molar-refractivity contribution in [2.75, 3.05) is 5.32 Å². The Morgan fingerprint density at radius 2 is 1.70 bits per heavy atom. The van der Waals surface area contributed by atoms with Crippen LogP contribution < -0.4 is 5.32 Å². The molecule has 2 heterocycles. The van der Waals surface area contributed by atoms with Crippen molar-refractivity contribution in [1.82, 2.24) is 14.8 Å². The molecule has 0 bridgehead atoms. The zero-order valence-corrected chi connectivity index (χ0v) is 16.4. The Morgan fingerprint density at radius 3 is 2.47 bits per heavy atom. The Morgan fingerprint density at radius 1 is 0.967 bits per heavy atom. The van der Waals surface area contributed by atoms with Crippen LogP contribution in [0.1, 0.15) is 10.4 Å². The molecule has 7 heteroatoms. The molecular weight excluding hydrogens is 399 g/mol. The SMILES string of the molecule is O=C(Nc1nc2ccc(F)cc2s1)c1cn(-c2ccccc2)nc1-c1ccccc1. The fourth-order valence-corrected chi connectivity index (χ4v) is 4.06. The number of nitrogens with one attached hydrogen (secondary N) is 1. The average Bonchev–Trinajstić information content (AvgIpc) is 3.39. The highest BCUT2D eigenvalue weighted by Crippen LogP contribution is 2.29. The molecule has 1 N–H and O–H groups in total. The summed E-state index contributed by atoms with van der Waals surface area (Å²) in [6.45, 7) is 0. The third-order valence-corrected chi connectivity index (χ3v) is 5.53. The second-order valence-electron chi connectivity index (χ2n) is 6.62. The molecule has 0 unspecified atom stereocenters. The van der Waals surface area contributed by atoms with E-state index in [-0.39, 0.29) is 11.7 Å². The van der Waals surface area contributed by atoms with Gasteiger partial charge in [-0.15, -0.1) is 0 Å². The Kier molecular flexibility index (Phi) is 4.57. The number of carbonyl (C=O) groups excluding carboxylic acids is 1. The van der Waals surface area contributed by atoms with E-state index in [4.69, 9.17) is 0 Å². The Hall–Kier alpha value is -3.84. The number of rotatable bonds is 4. The van der Waals surface area contributed by atoms with Gasteiger partial charge >= 0.3 is 0 Å². The number of aromatic nitrogens is 3. The van der Waals surface area contributed by atoms with Crippen LogP contribution >= 0.6 is 11.3 Å². The van der Waals surface area contributed by atoms with Gasteiger partial charge in [-0.2, -0.15) is 5.10 Å². The molecule has 0 fully saturated rings. The van der Waals surface area contributed by atoms with Crippen LogP contribution in [-0.4, -0.2) is 20.7 Å². The zero-order valence-electron chi connectivity index (χ0n) is 15.6.